The Bertz CT molecular complexity index is 881. The zero-order valence-electron chi connectivity index (χ0n) is 12.0. The van der Waals surface area contributed by atoms with Gasteiger partial charge in [-0.05, 0) is 42.4 Å². The zero-order chi connectivity index (χ0) is 16.4. The fourth-order valence-corrected chi connectivity index (χ4v) is 2.82. The molecule has 0 aliphatic rings. The molecule has 0 fully saturated rings. The van der Waals surface area contributed by atoms with Gasteiger partial charge in [0.1, 0.15) is 5.82 Å². The predicted molar refractivity (Wildman–Crippen MR) is 83.7 cm³/mol. The van der Waals surface area contributed by atoms with Crippen molar-refractivity contribution in [2.24, 2.45) is 0 Å². The lowest BCUT2D eigenvalue weighted by Gasteiger charge is -2.01. The maximum absolute atomic E-state index is 13.7. The molecule has 2 aromatic carbocycles. The minimum absolute atomic E-state index is 0.00718. The second-order valence-electron chi connectivity index (χ2n) is 4.78. The summed E-state index contributed by atoms with van der Waals surface area (Å²) in [5.74, 6) is -0.137. The first-order chi connectivity index (χ1) is 11.0. The number of aromatic amines is 1. The van der Waals surface area contributed by atoms with Crippen molar-refractivity contribution in [2.75, 3.05) is 0 Å². The molecule has 0 radical (unpaired) electrons. The van der Waals surface area contributed by atoms with Gasteiger partial charge in [0.05, 0.1) is 15.4 Å². The first kappa shape index (κ1) is 15.2. The van der Waals surface area contributed by atoms with Crippen LogP contribution in [0.5, 0.6) is 0 Å². The van der Waals surface area contributed by atoms with E-state index in [1.165, 1.54) is 12.1 Å². The van der Waals surface area contributed by atoms with Crippen LogP contribution < -0.4 is 0 Å². The van der Waals surface area contributed by atoms with Gasteiger partial charge in [-0.3, -0.25) is 15.2 Å². The highest BCUT2D eigenvalue weighted by Crippen LogP contribution is 2.34. The highest BCUT2D eigenvalue weighted by atomic mass is 32.2. The topological polar surface area (TPSA) is 84.7 Å². The second-order valence-corrected chi connectivity index (χ2v) is 5.79. The van der Waals surface area contributed by atoms with Crippen molar-refractivity contribution in [1.82, 2.24) is 15.2 Å². The molecule has 8 heteroatoms. The lowest BCUT2D eigenvalue weighted by Crippen LogP contribution is -1.92. The summed E-state index contributed by atoms with van der Waals surface area (Å²) < 4.78 is 13.7. The molecule has 0 amide bonds. The minimum atomic E-state index is -0.445. The Morgan fingerprint density at radius 1 is 1.26 bits per heavy atom. The molecule has 6 nitrogen and oxygen atoms in total. The van der Waals surface area contributed by atoms with Gasteiger partial charge >= 0.3 is 0 Å². The van der Waals surface area contributed by atoms with E-state index in [9.17, 15) is 14.5 Å². The second kappa shape index (κ2) is 6.17. The molecule has 1 heterocycles. The van der Waals surface area contributed by atoms with Crippen molar-refractivity contribution in [3.8, 4) is 11.4 Å². The molecule has 1 aromatic heterocycles. The largest absolute Gasteiger partial charge is 0.283 e. The van der Waals surface area contributed by atoms with Gasteiger partial charge in [-0.15, -0.1) is 5.10 Å². The van der Waals surface area contributed by atoms with Crippen LogP contribution in [-0.2, 0) is 0 Å². The van der Waals surface area contributed by atoms with E-state index < -0.39 is 10.7 Å². The average Bonchev–Trinajstić information content (AvgIpc) is 2.97. The highest BCUT2D eigenvalue weighted by Gasteiger charge is 2.17. The molecule has 0 bridgehead atoms. The number of aryl methyl sites for hydroxylation is 1. The van der Waals surface area contributed by atoms with Crippen LogP contribution in [0.1, 0.15) is 5.56 Å². The zero-order valence-corrected chi connectivity index (χ0v) is 12.8. The van der Waals surface area contributed by atoms with Gasteiger partial charge in [0, 0.05) is 6.07 Å². The summed E-state index contributed by atoms with van der Waals surface area (Å²) in [5, 5.41) is 18.1. The van der Waals surface area contributed by atoms with Crippen molar-refractivity contribution in [1.29, 1.82) is 0 Å². The molecule has 3 aromatic rings. The van der Waals surface area contributed by atoms with E-state index in [4.69, 9.17) is 0 Å². The quantitative estimate of drug-likeness (QED) is 0.578. The normalized spacial score (nSPS) is 10.7. The first-order valence-electron chi connectivity index (χ1n) is 6.65. The number of benzene rings is 2. The average molecular weight is 330 g/mol. The molecule has 0 unspecified atom stereocenters. The number of hydrogen-bond donors (Lipinski definition) is 1. The SMILES string of the molecule is Cc1ccc(Sc2n[nH]c(-c3ccccc3F)n2)c([N+](=O)[O-])c1. The van der Waals surface area contributed by atoms with Gasteiger partial charge in [-0.25, -0.2) is 9.37 Å². The van der Waals surface area contributed by atoms with Gasteiger partial charge in [-0.1, -0.05) is 18.2 Å². The van der Waals surface area contributed by atoms with Gasteiger partial charge in [0.15, 0.2) is 5.82 Å². The first-order valence-corrected chi connectivity index (χ1v) is 7.46. The smallest absolute Gasteiger partial charge is 0.258 e. The molecule has 23 heavy (non-hydrogen) atoms. The Balaban J connectivity index is 1.91. The Morgan fingerprint density at radius 3 is 2.78 bits per heavy atom. The number of hydrogen-bond acceptors (Lipinski definition) is 5. The Kier molecular flexibility index (Phi) is 4.07. The van der Waals surface area contributed by atoms with E-state index >= 15 is 0 Å². The lowest BCUT2D eigenvalue weighted by atomic mass is 10.2. The van der Waals surface area contributed by atoms with Crippen LogP contribution in [0.25, 0.3) is 11.4 Å². The number of nitro benzene ring substituents is 1. The molecule has 0 saturated carbocycles. The summed E-state index contributed by atoms with van der Waals surface area (Å²) in [6.07, 6.45) is 0. The van der Waals surface area contributed by atoms with E-state index in [1.807, 2.05) is 0 Å². The maximum Gasteiger partial charge on any atom is 0.283 e. The highest BCUT2D eigenvalue weighted by molar-refractivity contribution is 7.99. The maximum atomic E-state index is 13.7. The molecule has 1 N–H and O–H groups in total. The van der Waals surface area contributed by atoms with Crippen LogP contribution in [0.4, 0.5) is 10.1 Å². The standard InChI is InChI=1S/C15H11FN4O2S/c1-9-6-7-13(12(8-9)20(21)22)23-15-17-14(18-19-15)10-4-2-3-5-11(10)16/h2-8H,1H3,(H,17,18,19). The molecule has 116 valence electrons. The van der Waals surface area contributed by atoms with E-state index in [2.05, 4.69) is 15.2 Å². The van der Waals surface area contributed by atoms with Crippen LogP contribution in [0.15, 0.2) is 52.5 Å². The van der Waals surface area contributed by atoms with Gasteiger partial charge < -0.3 is 0 Å². The van der Waals surface area contributed by atoms with Crippen LogP contribution in [-0.4, -0.2) is 20.1 Å². The van der Waals surface area contributed by atoms with Crippen LogP contribution in [0, 0.1) is 22.9 Å². The van der Waals surface area contributed by atoms with Crippen molar-refractivity contribution in [3.63, 3.8) is 0 Å². The molecule has 0 aliphatic carbocycles. The van der Waals surface area contributed by atoms with E-state index in [-0.39, 0.29) is 16.7 Å². The number of nitro groups is 1. The Hall–Kier alpha value is -2.74. The fourth-order valence-electron chi connectivity index (χ4n) is 2.02. The predicted octanol–water partition coefficient (Wildman–Crippen LogP) is 3.98. The van der Waals surface area contributed by atoms with Gasteiger partial charge in [-0.2, -0.15) is 0 Å². The van der Waals surface area contributed by atoms with Gasteiger partial charge in [0.25, 0.3) is 5.69 Å². The number of rotatable bonds is 4. The number of nitrogens with one attached hydrogen (secondary N) is 1. The van der Waals surface area contributed by atoms with Crippen molar-refractivity contribution >= 4 is 17.4 Å². The third kappa shape index (κ3) is 3.21. The molecule has 0 spiro atoms. The summed E-state index contributed by atoms with van der Waals surface area (Å²) >= 11 is 1.06. The summed E-state index contributed by atoms with van der Waals surface area (Å²) in [7, 11) is 0. The van der Waals surface area contributed by atoms with Crippen molar-refractivity contribution in [3.05, 3.63) is 64.0 Å². The van der Waals surface area contributed by atoms with E-state index in [0.717, 1.165) is 17.3 Å². The van der Waals surface area contributed by atoms with Crippen LogP contribution in [0.3, 0.4) is 0 Å². The molecule has 0 aliphatic heterocycles. The summed E-state index contributed by atoms with van der Waals surface area (Å²) in [5.41, 5.74) is 1.08. The van der Waals surface area contributed by atoms with Crippen LogP contribution in [0.2, 0.25) is 0 Å². The van der Waals surface area contributed by atoms with Crippen molar-refractivity contribution in [2.45, 2.75) is 17.0 Å². The third-order valence-corrected chi connectivity index (χ3v) is 4.04. The minimum Gasteiger partial charge on any atom is -0.258 e. The molecular weight excluding hydrogens is 319 g/mol. The summed E-state index contributed by atoms with van der Waals surface area (Å²) in [4.78, 5) is 15.3. The Labute approximate surface area is 134 Å². The number of aromatic nitrogens is 3. The van der Waals surface area contributed by atoms with Gasteiger partial charge in [0.2, 0.25) is 5.16 Å². The monoisotopic (exact) mass is 330 g/mol. The van der Waals surface area contributed by atoms with E-state index in [1.54, 1.807) is 37.3 Å². The lowest BCUT2D eigenvalue weighted by molar-refractivity contribution is -0.387. The Morgan fingerprint density at radius 2 is 2.04 bits per heavy atom. The molecular formula is C15H11FN4O2S. The third-order valence-electron chi connectivity index (χ3n) is 3.11. The number of halogens is 1. The molecule has 3 rings (SSSR count). The number of H-pyrrole nitrogens is 1. The van der Waals surface area contributed by atoms with Crippen molar-refractivity contribution < 1.29 is 9.31 Å². The summed E-state index contributed by atoms with van der Waals surface area (Å²) in [6, 6.07) is 11.1. The summed E-state index contributed by atoms with van der Waals surface area (Å²) in [6.45, 7) is 1.78. The molecule has 0 saturated heterocycles. The van der Waals surface area contributed by atoms with Crippen LogP contribution >= 0.6 is 11.8 Å². The molecule has 0 atom stereocenters. The van der Waals surface area contributed by atoms with E-state index in [0.29, 0.717) is 10.5 Å². The fraction of sp³-hybridized carbons (Fsp3) is 0.0667. The number of nitrogens with zero attached hydrogens (tertiary/aromatic N) is 3.